The van der Waals surface area contributed by atoms with Gasteiger partial charge in [-0.1, -0.05) is 35.3 Å². The third-order valence-corrected chi connectivity index (χ3v) is 5.78. The minimum atomic E-state index is -1.24. The Hall–Kier alpha value is -1.75. The summed E-state index contributed by atoms with van der Waals surface area (Å²) in [5.74, 6) is 0. The molecular weight excluding hydrogens is 383 g/mol. The summed E-state index contributed by atoms with van der Waals surface area (Å²) in [6.45, 7) is 3.93. The van der Waals surface area contributed by atoms with E-state index in [2.05, 4.69) is 34.5 Å². The van der Waals surface area contributed by atoms with Gasteiger partial charge in [-0.05, 0) is 62.4 Å². The molecule has 0 spiro atoms. The molecule has 0 bridgehead atoms. The van der Waals surface area contributed by atoms with Crippen LogP contribution in [0, 0.1) is 0 Å². The highest BCUT2D eigenvalue weighted by molar-refractivity contribution is 6.36. The van der Waals surface area contributed by atoms with Crippen molar-refractivity contribution in [2.45, 2.75) is 38.2 Å². The van der Waals surface area contributed by atoms with Crippen LogP contribution in [0.2, 0.25) is 10.0 Å². The zero-order chi connectivity index (χ0) is 19.4. The van der Waals surface area contributed by atoms with E-state index in [9.17, 15) is 9.90 Å². The van der Waals surface area contributed by atoms with E-state index in [1.54, 1.807) is 19.1 Å². The van der Waals surface area contributed by atoms with Crippen LogP contribution in [0.15, 0.2) is 36.4 Å². The highest BCUT2D eigenvalue weighted by Crippen LogP contribution is 2.41. The van der Waals surface area contributed by atoms with Crippen LogP contribution in [0.1, 0.15) is 37.3 Å². The van der Waals surface area contributed by atoms with Gasteiger partial charge in [-0.15, -0.1) is 0 Å². The first-order valence-electron chi connectivity index (χ1n) is 9.17. The third-order valence-electron chi connectivity index (χ3n) is 5.15. The second-order valence-electron chi connectivity index (χ2n) is 7.18. The molecule has 1 unspecified atom stereocenters. The Morgan fingerprint density at radius 3 is 2.37 bits per heavy atom. The standard InChI is InChI=1S/C21H24Cl2N2O2/c1-21(27,19-17(22)8-9-18(23)20(19)24-14-26)11-10-15-4-6-16(7-5-15)25-12-2-3-13-25/h4-9,14,27H,2-3,10-13H2,1H3,(H,24,26). The van der Waals surface area contributed by atoms with Crippen LogP contribution in [0.3, 0.4) is 0 Å². The molecular formula is C21H24Cl2N2O2. The number of carbonyl (C=O) groups is 1. The monoisotopic (exact) mass is 406 g/mol. The third kappa shape index (κ3) is 4.57. The Morgan fingerprint density at radius 2 is 1.74 bits per heavy atom. The largest absolute Gasteiger partial charge is 0.385 e. The number of aliphatic hydroxyl groups is 1. The number of hydrogen-bond acceptors (Lipinski definition) is 3. The van der Waals surface area contributed by atoms with Crippen molar-refractivity contribution in [3.05, 3.63) is 57.6 Å². The molecule has 1 aliphatic heterocycles. The quantitative estimate of drug-likeness (QED) is 0.635. The molecule has 1 amide bonds. The smallest absolute Gasteiger partial charge is 0.211 e. The minimum absolute atomic E-state index is 0.344. The molecule has 27 heavy (non-hydrogen) atoms. The van der Waals surface area contributed by atoms with Gasteiger partial charge in [-0.25, -0.2) is 0 Å². The fraction of sp³-hybridized carbons (Fsp3) is 0.381. The zero-order valence-corrected chi connectivity index (χ0v) is 16.9. The number of nitrogens with zero attached hydrogens (tertiary/aromatic N) is 1. The Morgan fingerprint density at radius 1 is 1.11 bits per heavy atom. The predicted molar refractivity (Wildman–Crippen MR) is 112 cm³/mol. The molecule has 3 rings (SSSR count). The molecule has 1 saturated heterocycles. The fourth-order valence-electron chi connectivity index (χ4n) is 3.64. The van der Waals surface area contributed by atoms with Gasteiger partial charge in [0.1, 0.15) is 0 Å². The minimum Gasteiger partial charge on any atom is -0.385 e. The van der Waals surface area contributed by atoms with Gasteiger partial charge < -0.3 is 15.3 Å². The van der Waals surface area contributed by atoms with Crippen molar-refractivity contribution in [2.24, 2.45) is 0 Å². The highest BCUT2D eigenvalue weighted by Gasteiger charge is 2.30. The first-order valence-corrected chi connectivity index (χ1v) is 9.93. The molecule has 2 aromatic carbocycles. The van der Waals surface area contributed by atoms with Crippen LogP contribution in [0.5, 0.6) is 0 Å². The summed E-state index contributed by atoms with van der Waals surface area (Å²) in [6, 6.07) is 11.7. The van der Waals surface area contributed by atoms with Crippen LogP contribution in [-0.2, 0) is 16.8 Å². The predicted octanol–water partition coefficient (Wildman–Crippen LogP) is 5.00. The van der Waals surface area contributed by atoms with E-state index in [0.29, 0.717) is 40.5 Å². The fourth-order valence-corrected chi connectivity index (χ4v) is 4.21. The molecule has 2 aromatic rings. The highest BCUT2D eigenvalue weighted by atomic mass is 35.5. The SMILES string of the molecule is CC(O)(CCc1ccc(N2CCCC2)cc1)c1c(Cl)ccc(Cl)c1NC=O. The summed E-state index contributed by atoms with van der Waals surface area (Å²) in [6.07, 6.45) is 4.17. The van der Waals surface area contributed by atoms with Gasteiger partial charge in [-0.3, -0.25) is 4.79 Å². The molecule has 0 radical (unpaired) electrons. The molecule has 1 heterocycles. The van der Waals surface area contributed by atoms with Crippen LogP contribution < -0.4 is 10.2 Å². The van der Waals surface area contributed by atoms with E-state index in [1.165, 1.54) is 18.5 Å². The summed E-state index contributed by atoms with van der Waals surface area (Å²) in [5.41, 5.74) is 1.95. The molecule has 4 nitrogen and oxygen atoms in total. The van der Waals surface area contributed by atoms with E-state index < -0.39 is 5.60 Å². The van der Waals surface area contributed by atoms with Crippen molar-refractivity contribution in [3.8, 4) is 0 Å². The zero-order valence-electron chi connectivity index (χ0n) is 15.3. The first-order chi connectivity index (χ1) is 12.9. The Labute approximate surface area is 170 Å². The summed E-state index contributed by atoms with van der Waals surface area (Å²) in [5, 5.41) is 14.4. The average molecular weight is 407 g/mol. The van der Waals surface area contributed by atoms with Gasteiger partial charge in [0.2, 0.25) is 6.41 Å². The average Bonchev–Trinajstić information content (AvgIpc) is 3.18. The van der Waals surface area contributed by atoms with E-state index in [4.69, 9.17) is 23.2 Å². The second-order valence-corrected chi connectivity index (χ2v) is 7.99. The second kappa shape index (κ2) is 8.51. The molecule has 1 atom stereocenters. The molecule has 144 valence electrons. The van der Waals surface area contributed by atoms with Gasteiger partial charge in [0.15, 0.2) is 0 Å². The molecule has 2 N–H and O–H groups in total. The van der Waals surface area contributed by atoms with Crippen LogP contribution >= 0.6 is 23.2 Å². The van der Waals surface area contributed by atoms with Crippen molar-refractivity contribution < 1.29 is 9.90 Å². The van der Waals surface area contributed by atoms with Gasteiger partial charge in [0, 0.05) is 29.4 Å². The Balaban J connectivity index is 1.75. The lowest BCUT2D eigenvalue weighted by Crippen LogP contribution is -2.24. The van der Waals surface area contributed by atoms with Gasteiger partial charge in [-0.2, -0.15) is 0 Å². The number of hydrogen-bond donors (Lipinski definition) is 2. The van der Waals surface area contributed by atoms with Gasteiger partial charge in [0.25, 0.3) is 0 Å². The topological polar surface area (TPSA) is 52.6 Å². The molecule has 0 aliphatic carbocycles. The number of rotatable bonds is 7. The van der Waals surface area contributed by atoms with Crippen molar-refractivity contribution in [1.82, 2.24) is 0 Å². The van der Waals surface area contributed by atoms with Crippen LogP contribution in [0.4, 0.5) is 11.4 Å². The van der Waals surface area contributed by atoms with E-state index >= 15 is 0 Å². The Kier molecular flexibility index (Phi) is 6.30. The van der Waals surface area contributed by atoms with Crippen molar-refractivity contribution >= 4 is 41.0 Å². The molecule has 6 heteroatoms. The molecule has 0 saturated carbocycles. The summed E-state index contributed by atoms with van der Waals surface area (Å²) < 4.78 is 0. The van der Waals surface area contributed by atoms with Gasteiger partial charge in [0.05, 0.1) is 16.3 Å². The number of benzene rings is 2. The lowest BCUT2D eigenvalue weighted by Gasteiger charge is -2.28. The lowest BCUT2D eigenvalue weighted by molar-refractivity contribution is -0.105. The number of halogens is 2. The van der Waals surface area contributed by atoms with E-state index in [0.717, 1.165) is 18.7 Å². The number of anilines is 2. The summed E-state index contributed by atoms with van der Waals surface area (Å²) >= 11 is 12.5. The molecule has 1 aliphatic rings. The van der Waals surface area contributed by atoms with Crippen molar-refractivity contribution in [2.75, 3.05) is 23.3 Å². The molecule has 1 fully saturated rings. The Bertz CT molecular complexity index is 801. The van der Waals surface area contributed by atoms with Crippen LogP contribution in [-0.4, -0.2) is 24.6 Å². The normalized spacial score (nSPS) is 16.2. The maximum Gasteiger partial charge on any atom is 0.211 e. The number of nitrogens with one attached hydrogen (secondary N) is 1. The number of aryl methyl sites for hydroxylation is 1. The van der Waals surface area contributed by atoms with Crippen molar-refractivity contribution in [1.29, 1.82) is 0 Å². The van der Waals surface area contributed by atoms with Crippen LogP contribution in [0.25, 0.3) is 0 Å². The maximum absolute atomic E-state index is 11.1. The molecule has 0 aromatic heterocycles. The maximum atomic E-state index is 11.1. The van der Waals surface area contributed by atoms with Crippen molar-refractivity contribution in [3.63, 3.8) is 0 Å². The van der Waals surface area contributed by atoms with E-state index in [1.807, 2.05) is 0 Å². The summed E-state index contributed by atoms with van der Waals surface area (Å²) in [4.78, 5) is 13.3. The lowest BCUT2D eigenvalue weighted by atomic mass is 9.88. The van der Waals surface area contributed by atoms with Gasteiger partial charge >= 0.3 is 0 Å². The van der Waals surface area contributed by atoms with E-state index in [-0.39, 0.29) is 0 Å². The number of carbonyl (C=O) groups excluding carboxylic acids is 1. The number of amides is 1. The summed E-state index contributed by atoms with van der Waals surface area (Å²) in [7, 11) is 0. The first kappa shape index (κ1) is 20.0.